The molecule has 1 heterocycles. The molecule has 0 saturated heterocycles. The minimum Gasteiger partial charge on any atom is -0.317 e. The first-order valence-corrected chi connectivity index (χ1v) is 5.85. The number of rotatable bonds is 0. The van der Waals surface area contributed by atoms with Crippen molar-refractivity contribution in [3.05, 3.63) is 38.0 Å². The van der Waals surface area contributed by atoms with Crippen molar-refractivity contribution < 1.29 is 4.39 Å². The van der Waals surface area contributed by atoms with Gasteiger partial charge in [-0.05, 0) is 46.3 Å². The van der Waals surface area contributed by atoms with Crippen LogP contribution in [0.25, 0.3) is 11.0 Å². The van der Waals surface area contributed by atoms with E-state index in [-0.39, 0.29) is 11.1 Å². The normalized spacial score (nSPS) is 14.4. The SMILES string of the molecule is O=c1cnc2c3c(c(Br)c(F)c2[nH]1)CCC3. The molecule has 1 aromatic heterocycles. The van der Waals surface area contributed by atoms with Gasteiger partial charge in [-0.25, -0.2) is 9.37 Å². The van der Waals surface area contributed by atoms with Gasteiger partial charge < -0.3 is 4.98 Å². The molecule has 0 spiro atoms. The number of benzene rings is 1. The highest BCUT2D eigenvalue weighted by Gasteiger charge is 2.22. The summed E-state index contributed by atoms with van der Waals surface area (Å²) >= 11 is 3.25. The second-order valence-electron chi connectivity index (χ2n) is 3.91. The van der Waals surface area contributed by atoms with E-state index in [1.54, 1.807) is 0 Å². The Morgan fingerprint density at radius 2 is 2.12 bits per heavy atom. The maximum atomic E-state index is 14.0. The zero-order valence-electron chi connectivity index (χ0n) is 8.31. The maximum Gasteiger partial charge on any atom is 0.266 e. The van der Waals surface area contributed by atoms with Gasteiger partial charge in [-0.3, -0.25) is 4.79 Å². The van der Waals surface area contributed by atoms with Crippen molar-refractivity contribution in [1.29, 1.82) is 0 Å². The molecule has 0 amide bonds. The zero-order valence-corrected chi connectivity index (χ0v) is 9.90. The smallest absolute Gasteiger partial charge is 0.266 e. The van der Waals surface area contributed by atoms with Gasteiger partial charge in [0, 0.05) is 0 Å². The molecule has 1 aliphatic carbocycles. The van der Waals surface area contributed by atoms with Crippen LogP contribution in [0.4, 0.5) is 4.39 Å². The van der Waals surface area contributed by atoms with Crippen molar-refractivity contribution >= 4 is 27.0 Å². The summed E-state index contributed by atoms with van der Waals surface area (Å²) in [6.07, 6.45) is 3.97. The number of aromatic amines is 1. The molecule has 1 aliphatic rings. The number of halogens is 2. The van der Waals surface area contributed by atoms with E-state index in [1.165, 1.54) is 6.20 Å². The third kappa shape index (κ3) is 1.24. The maximum absolute atomic E-state index is 14.0. The Morgan fingerprint density at radius 3 is 2.94 bits per heavy atom. The van der Waals surface area contributed by atoms with Crippen molar-refractivity contribution in [2.45, 2.75) is 19.3 Å². The molecule has 0 bridgehead atoms. The number of nitrogens with one attached hydrogen (secondary N) is 1. The molecule has 5 heteroatoms. The largest absolute Gasteiger partial charge is 0.317 e. The lowest BCUT2D eigenvalue weighted by Crippen LogP contribution is -2.08. The van der Waals surface area contributed by atoms with E-state index < -0.39 is 5.82 Å². The van der Waals surface area contributed by atoms with Crippen LogP contribution in [0.3, 0.4) is 0 Å². The number of nitrogens with zero attached hydrogens (tertiary/aromatic N) is 1. The standard InChI is InChI=1S/C11H8BrFN2O/c12-8-5-2-1-3-6(5)10-11(9(8)13)15-7(16)4-14-10/h4H,1-3H2,(H,15,16). The average Bonchev–Trinajstić information content (AvgIpc) is 2.75. The monoisotopic (exact) mass is 282 g/mol. The van der Waals surface area contributed by atoms with Gasteiger partial charge in [-0.1, -0.05) is 0 Å². The van der Waals surface area contributed by atoms with Crippen LogP contribution in [0, 0.1) is 5.82 Å². The van der Waals surface area contributed by atoms with Crippen LogP contribution in [-0.2, 0) is 12.8 Å². The van der Waals surface area contributed by atoms with E-state index in [1.807, 2.05) is 0 Å². The van der Waals surface area contributed by atoms with Crippen LogP contribution in [0.1, 0.15) is 17.5 Å². The zero-order chi connectivity index (χ0) is 11.3. The van der Waals surface area contributed by atoms with Gasteiger partial charge in [0.25, 0.3) is 5.56 Å². The van der Waals surface area contributed by atoms with Crippen molar-refractivity contribution in [3.8, 4) is 0 Å². The van der Waals surface area contributed by atoms with Crippen molar-refractivity contribution in [2.24, 2.45) is 0 Å². The second kappa shape index (κ2) is 3.38. The van der Waals surface area contributed by atoms with Gasteiger partial charge in [0.15, 0.2) is 5.82 Å². The lowest BCUT2D eigenvalue weighted by Gasteiger charge is -2.08. The number of hydrogen-bond donors (Lipinski definition) is 1. The summed E-state index contributed by atoms with van der Waals surface area (Å²) in [7, 11) is 0. The van der Waals surface area contributed by atoms with Gasteiger partial charge >= 0.3 is 0 Å². The van der Waals surface area contributed by atoms with Crippen LogP contribution in [-0.4, -0.2) is 9.97 Å². The summed E-state index contributed by atoms with van der Waals surface area (Å²) in [5.41, 5.74) is 2.47. The highest BCUT2D eigenvalue weighted by atomic mass is 79.9. The highest BCUT2D eigenvalue weighted by molar-refractivity contribution is 9.10. The van der Waals surface area contributed by atoms with Gasteiger partial charge in [0.2, 0.25) is 0 Å². The molecule has 2 aromatic rings. The van der Waals surface area contributed by atoms with Gasteiger partial charge in [-0.15, -0.1) is 0 Å². The minimum atomic E-state index is -0.416. The minimum absolute atomic E-state index is 0.208. The number of aromatic nitrogens is 2. The van der Waals surface area contributed by atoms with E-state index in [2.05, 4.69) is 25.9 Å². The van der Waals surface area contributed by atoms with Crippen molar-refractivity contribution in [1.82, 2.24) is 9.97 Å². The predicted octanol–water partition coefficient (Wildman–Crippen LogP) is 2.31. The summed E-state index contributed by atoms with van der Waals surface area (Å²) in [6.45, 7) is 0. The van der Waals surface area contributed by atoms with Gasteiger partial charge in [0.05, 0.1) is 16.2 Å². The molecule has 3 rings (SSSR count). The molecular formula is C11H8BrFN2O. The third-order valence-corrected chi connectivity index (χ3v) is 3.80. The van der Waals surface area contributed by atoms with Gasteiger partial charge in [-0.2, -0.15) is 0 Å². The Bertz CT molecular complexity index is 650. The Kier molecular flexibility index (Phi) is 2.10. The molecule has 1 aromatic carbocycles. The number of H-pyrrole nitrogens is 1. The van der Waals surface area contributed by atoms with E-state index in [0.717, 1.165) is 30.4 Å². The summed E-state index contributed by atoms with van der Waals surface area (Å²) < 4.78 is 14.4. The Labute approximate surface area is 98.8 Å². The van der Waals surface area contributed by atoms with Gasteiger partial charge in [0.1, 0.15) is 5.52 Å². The van der Waals surface area contributed by atoms with E-state index in [4.69, 9.17) is 0 Å². The van der Waals surface area contributed by atoms with Crippen LogP contribution < -0.4 is 5.56 Å². The Balaban J connectivity index is 2.54. The molecule has 3 nitrogen and oxygen atoms in total. The fraction of sp³-hybridized carbons (Fsp3) is 0.273. The highest BCUT2D eigenvalue weighted by Crippen LogP contribution is 2.36. The number of aryl methyl sites for hydroxylation is 1. The quantitative estimate of drug-likeness (QED) is 0.806. The lowest BCUT2D eigenvalue weighted by molar-refractivity contribution is 0.627. The average molecular weight is 283 g/mol. The molecular weight excluding hydrogens is 275 g/mol. The third-order valence-electron chi connectivity index (χ3n) is 2.98. The molecule has 1 N–H and O–H groups in total. The Hall–Kier alpha value is -1.23. The van der Waals surface area contributed by atoms with Crippen LogP contribution in [0.15, 0.2) is 15.5 Å². The summed E-state index contributed by atoms with van der Waals surface area (Å²) in [6, 6.07) is 0. The number of hydrogen-bond acceptors (Lipinski definition) is 2. The second-order valence-corrected chi connectivity index (χ2v) is 4.70. The number of fused-ring (bicyclic) bond motifs is 3. The fourth-order valence-electron chi connectivity index (χ4n) is 2.28. The van der Waals surface area contributed by atoms with Crippen LogP contribution in [0.5, 0.6) is 0 Å². The Morgan fingerprint density at radius 1 is 1.38 bits per heavy atom. The van der Waals surface area contributed by atoms with Crippen molar-refractivity contribution in [2.75, 3.05) is 0 Å². The summed E-state index contributed by atoms with van der Waals surface area (Å²) in [4.78, 5) is 17.7. The first-order valence-electron chi connectivity index (χ1n) is 5.06. The first-order chi connectivity index (χ1) is 7.68. The molecule has 0 atom stereocenters. The summed E-state index contributed by atoms with van der Waals surface area (Å²) in [5, 5.41) is 0. The lowest BCUT2D eigenvalue weighted by atomic mass is 10.1. The molecule has 82 valence electrons. The fourth-order valence-corrected chi connectivity index (χ4v) is 2.92. The molecule has 16 heavy (non-hydrogen) atoms. The molecule has 0 fully saturated rings. The van der Waals surface area contributed by atoms with Crippen LogP contribution >= 0.6 is 15.9 Å². The first kappa shape index (κ1) is 9.96. The molecule has 0 saturated carbocycles. The molecule has 0 aliphatic heterocycles. The topological polar surface area (TPSA) is 45.8 Å². The van der Waals surface area contributed by atoms with Crippen molar-refractivity contribution in [3.63, 3.8) is 0 Å². The summed E-state index contributed by atoms with van der Waals surface area (Å²) in [5.74, 6) is -0.416. The predicted molar refractivity (Wildman–Crippen MR) is 62.0 cm³/mol. The molecule has 0 radical (unpaired) electrons. The van der Waals surface area contributed by atoms with E-state index >= 15 is 0 Å². The van der Waals surface area contributed by atoms with E-state index in [0.29, 0.717) is 9.99 Å². The molecule has 0 unspecified atom stereocenters. The van der Waals surface area contributed by atoms with E-state index in [9.17, 15) is 9.18 Å². The van der Waals surface area contributed by atoms with Crippen LogP contribution in [0.2, 0.25) is 0 Å².